The first-order chi connectivity index (χ1) is 9.69. The molecule has 112 valence electrons. The summed E-state index contributed by atoms with van der Waals surface area (Å²) in [5.41, 5.74) is 0. The van der Waals surface area contributed by atoms with Crippen molar-refractivity contribution in [1.82, 2.24) is 4.90 Å². The van der Waals surface area contributed by atoms with E-state index in [1.54, 1.807) is 0 Å². The van der Waals surface area contributed by atoms with Gasteiger partial charge in [-0.05, 0) is 37.7 Å². The van der Waals surface area contributed by atoms with Gasteiger partial charge in [-0.15, -0.1) is 0 Å². The van der Waals surface area contributed by atoms with E-state index >= 15 is 0 Å². The van der Waals surface area contributed by atoms with Crippen molar-refractivity contribution in [2.45, 2.75) is 13.8 Å². The van der Waals surface area contributed by atoms with E-state index in [4.69, 9.17) is 9.47 Å². The molecular weight excluding hydrogens is 258 g/mol. The second-order valence-electron chi connectivity index (χ2n) is 4.20. The number of nitrogens with zero attached hydrogens (tertiary/aromatic N) is 1. The summed E-state index contributed by atoms with van der Waals surface area (Å²) >= 11 is 0. The highest BCUT2D eigenvalue weighted by Gasteiger charge is 2.08. The minimum absolute atomic E-state index is 0.229. The molecule has 1 aromatic rings. The van der Waals surface area contributed by atoms with E-state index < -0.39 is 0 Å². The van der Waals surface area contributed by atoms with E-state index in [9.17, 15) is 4.79 Å². The Morgan fingerprint density at radius 3 is 2.20 bits per heavy atom. The molecule has 0 aliphatic heterocycles. The maximum atomic E-state index is 11.2. The van der Waals surface area contributed by atoms with E-state index in [-0.39, 0.29) is 5.97 Å². The number of ether oxygens (including phenoxy) is 3. The zero-order valence-corrected chi connectivity index (χ0v) is 12.4. The average molecular weight is 281 g/mol. The molecule has 0 saturated heterocycles. The summed E-state index contributed by atoms with van der Waals surface area (Å²) in [7, 11) is 1.40. The van der Waals surface area contributed by atoms with Crippen molar-refractivity contribution in [3.63, 3.8) is 0 Å². The third kappa shape index (κ3) is 5.93. The van der Waals surface area contributed by atoms with Crippen LogP contribution < -0.4 is 9.47 Å². The lowest BCUT2D eigenvalue weighted by atomic mass is 10.3. The van der Waals surface area contributed by atoms with Crippen LogP contribution in [0.4, 0.5) is 0 Å². The number of hydrogen-bond donors (Lipinski definition) is 0. The first-order valence-corrected chi connectivity index (χ1v) is 6.84. The van der Waals surface area contributed by atoms with Gasteiger partial charge in [0, 0.05) is 6.54 Å². The number of esters is 1. The summed E-state index contributed by atoms with van der Waals surface area (Å²) < 4.78 is 15.6. The van der Waals surface area contributed by atoms with Gasteiger partial charge in [0.1, 0.15) is 18.1 Å². The molecule has 0 fully saturated rings. The van der Waals surface area contributed by atoms with Gasteiger partial charge in [0.25, 0.3) is 0 Å². The molecule has 0 heterocycles. The van der Waals surface area contributed by atoms with Crippen LogP contribution in [0.3, 0.4) is 0 Å². The number of rotatable bonds is 9. The van der Waals surface area contributed by atoms with Gasteiger partial charge < -0.3 is 14.2 Å². The summed E-state index contributed by atoms with van der Waals surface area (Å²) in [5, 5.41) is 0. The Bertz CT molecular complexity index is 391. The molecule has 1 rings (SSSR count). The predicted octanol–water partition coefficient (Wildman–Crippen LogP) is 1.96. The fourth-order valence-electron chi connectivity index (χ4n) is 1.69. The van der Waals surface area contributed by atoms with Crippen molar-refractivity contribution in [2.24, 2.45) is 0 Å². The molecule has 0 bridgehead atoms. The fourth-order valence-corrected chi connectivity index (χ4v) is 1.69. The Labute approximate surface area is 120 Å². The van der Waals surface area contributed by atoms with Gasteiger partial charge in [-0.2, -0.15) is 0 Å². The van der Waals surface area contributed by atoms with Crippen LogP contribution in [-0.2, 0) is 9.53 Å². The molecule has 0 spiro atoms. The highest BCUT2D eigenvalue weighted by atomic mass is 16.5. The molecule has 0 amide bonds. The fraction of sp³-hybridized carbons (Fsp3) is 0.533. The third-order valence-electron chi connectivity index (χ3n) is 2.84. The number of carbonyl (C=O) groups is 1. The van der Waals surface area contributed by atoms with Gasteiger partial charge in [-0.25, -0.2) is 0 Å². The van der Waals surface area contributed by atoms with E-state index in [0.29, 0.717) is 26.3 Å². The van der Waals surface area contributed by atoms with Crippen molar-refractivity contribution >= 4 is 5.97 Å². The summed E-state index contributed by atoms with van der Waals surface area (Å²) in [5.74, 6) is 1.40. The van der Waals surface area contributed by atoms with Crippen LogP contribution in [0.25, 0.3) is 0 Å². The molecule has 0 saturated carbocycles. The second-order valence-corrected chi connectivity index (χ2v) is 4.20. The molecule has 0 unspecified atom stereocenters. The van der Waals surface area contributed by atoms with Crippen LogP contribution >= 0.6 is 0 Å². The monoisotopic (exact) mass is 281 g/mol. The smallest absolute Gasteiger partial charge is 0.319 e. The van der Waals surface area contributed by atoms with Crippen molar-refractivity contribution in [3.8, 4) is 11.5 Å². The minimum Gasteiger partial charge on any atom is -0.494 e. The molecular formula is C15H23NO4. The lowest BCUT2D eigenvalue weighted by Crippen LogP contribution is -2.33. The molecule has 0 aliphatic carbocycles. The molecule has 0 N–H and O–H groups in total. The number of likely N-dealkylation sites (N-methyl/N-ethyl adjacent to an activating group) is 1. The molecule has 0 atom stereocenters. The predicted molar refractivity (Wildman–Crippen MR) is 77.2 cm³/mol. The summed E-state index contributed by atoms with van der Waals surface area (Å²) in [6.45, 7) is 6.88. The Morgan fingerprint density at radius 2 is 1.70 bits per heavy atom. The Morgan fingerprint density at radius 1 is 1.10 bits per heavy atom. The van der Waals surface area contributed by atoms with Crippen LogP contribution in [0.1, 0.15) is 13.8 Å². The molecule has 0 radical (unpaired) electrons. The number of methoxy groups -OCH3 is 1. The van der Waals surface area contributed by atoms with Crippen LogP contribution in [-0.4, -0.2) is 50.8 Å². The number of benzene rings is 1. The van der Waals surface area contributed by atoms with Crippen molar-refractivity contribution < 1.29 is 19.0 Å². The maximum Gasteiger partial charge on any atom is 0.319 e. The first kappa shape index (κ1) is 16.3. The van der Waals surface area contributed by atoms with E-state index in [2.05, 4.69) is 4.74 Å². The van der Waals surface area contributed by atoms with Crippen molar-refractivity contribution in [2.75, 3.05) is 40.0 Å². The van der Waals surface area contributed by atoms with Crippen molar-refractivity contribution in [1.29, 1.82) is 0 Å². The van der Waals surface area contributed by atoms with Crippen molar-refractivity contribution in [3.05, 3.63) is 24.3 Å². The number of carbonyl (C=O) groups excluding carboxylic acids is 1. The summed E-state index contributed by atoms with van der Waals surface area (Å²) in [4.78, 5) is 13.2. The van der Waals surface area contributed by atoms with E-state index in [0.717, 1.165) is 18.0 Å². The van der Waals surface area contributed by atoms with Gasteiger partial charge >= 0.3 is 5.97 Å². The topological polar surface area (TPSA) is 48.0 Å². The maximum absolute atomic E-state index is 11.2. The van der Waals surface area contributed by atoms with Gasteiger partial charge in [-0.3, -0.25) is 9.69 Å². The Hall–Kier alpha value is -1.75. The highest BCUT2D eigenvalue weighted by molar-refractivity contribution is 5.71. The number of hydrogen-bond acceptors (Lipinski definition) is 5. The molecule has 5 nitrogen and oxygen atoms in total. The first-order valence-electron chi connectivity index (χ1n) is 6.84. The lowest BCUT2D eigenvalue weighted by molar-refractivity contribution is -0.141. The van der Waals surface area contributed by atoms with E-state index in [1.165, 1.54) is 7.11 Å². The molecule has 0 aromatic heterocycles. The van der Waals surface area contributed by atoms with Crippen LogP contribution in [0, 0.1) is 0 Å². The molecule has 20 heavy (non-hydrogen) atoms. The largest absolute Gasteiger partial charge is 0.494 e. The minimum atomic E-state index is -0.229. The highest BCUT2D eigenvalue weighted by Crippen LogP contribution is 2.17. The third-order valence-corrected chi connectivity index (χ3v) is 2.84. The SMILES string of the molecule is CCOc1ccc(OCCN(CC)CC(=O)OC)cc1. The van der Waals surface area contributed by atoms with Crippen LogP contribution in [0.15, 0.2) is 24.3 Å². The molecule has 1 aromatic carbocycles. The van der Waals surface area contributed by atoms with E-state index in [1.807, 2.05) is 43.0 Å². The quantitative estimate of drug-likeness (QED) is 0.648. The van der Waals surface area contributed by atoms with Gasteiger partial charge in [0.15, 0.2) is 0 Å². The lowest BCUT2D eigenvalue weighted by Gasteiger charge is -2.18. The van der Waals surface area contributed by atoms with Crippen LogP contribution in [0.2, 0.25) is 0 Å². The van der Waals surface area contributed by atoms with Gasteiger partial charge in [0.2, 0.25) is 0 Å². The normalized spacial score (nSPS) is 10.4. The Balaban J connectivity index is 2.33. The average Bonchev–Trinajstić information content (AvgIpc) is 2.48. The summed E-state index contributed by atoms with van der Waals surface area (Å²) in [6, 6.07) is 7.51. The zero-order valence-electron chi connectivity index (χ0n) is 12.4. The molecule has 5 heteroatoms. The second kappa shape index (κ2) is 9.20. The standard InChI is InChI=1S/C15H23NO4/c1-4-16(12-15(17)18-3)10-11-20-14-8-6-13(7-9-14)19-5-2/h6-9H,4-5,10-12H2,1-3H3. The zero-order chi connectivity index (χ0) is 14.8. The van der Waals surface area contributed by atoms with Gasteiger partial charge in [0.05, 0.1) is 20.3 Å². The Kier molecular flexibility index (Phi) is 7.50. The van der Waals surface area contributed by atoms with Gasteiger partial charge in [-0.1, -0.05) is 6.92 Å². The molecule has 0 aliphatic rings. The summed E-state index contributed by atoms with van der Waals surface area (Å²) in [6.07, 6.45) is 0. The van der Waals surface area contributed by atoms with Crippen LogP contribution in [0.5, 0.6) is 11.5 Å².